The number of carbonyl (C=O) groups excluding carboxylic acids is 1. The van der Waals surface area contributed by atoms with Crippen LogP contribution in [0.5, 0.6) is 0 Å². The van der Waals surface area contributed by atoms with Gasteiger partial charge in [0.2, 0.25) is 0 Å². The zero-order valence-corrected chi connectivity index (χ0v) is 12.8. The number of hydrogen-bond acceptors (Lipinski definition) is 2. The van der Waals surface area contributed by atoms with E-state index in [9.17, 15) is 4.79 Å². The predicted octanol–water partition coefficient (Wildman–Crippen LogP) is 4.51. The van der Waals surface area contributed by atoms with Gasteiger partial charge in [0.1, 0.15) is 0 Å². The molecule has 0 saturated carbocycles. The van der Waals surface area contributed by atoms with Crippen molar-refractivity contribution in [3.05, 3.63) is 57.0 Å². The monoisotopic (exact) mass is 328 g/mol. The van der Waals surface area contributed by atoms with E-state index in [1.807, 2.05) is 0 Å². The summed E-state index contributed by atoms with van der Waals surface area (Å²) in [5.41, 5.74) is 7.18. The molecule has 0 aliphatic carbocycles. The Morgan fingerprint density at radius 1 is 1.05 bits per heavy atom. The fraction of sp³-hybridized carbons (Fsp3) is 0.0714. The number of nitrogen functional groups attached to an aromatic ring is 1. The highest BCUT2D eigenvalue weighted by Crippen LogP contribution is 2.29. The molecule has 1 amide bonds. The highest BCUT2D eigenvalue weighted by atomic mass is 35.5. The Labute approximate surface area is 131 Å². The Morgan fingerprint density at radius 3 is 2.30 bits per heavy atom. The molecule has 0 saturated heterocycles. The molecule has 0 bridgehead atoms. The van der Waals surface area contributed by atoms with E-state index in [0.717, 1.165) is 0 Å². The Bertz CT molecular complexity index is 673. The van der Waals surface area contributed by atoms with E-state index in [1.54, 1.807) is 37.4 Å². The van der Waals surface area contributed by atoms with Gasteiger partial charge in [-0.15, -0.1) is 0 Å². The number of halogens is 3. The van der Waals surface area contributed by atoms with Gasteiger partial charge in [0.15, 0.2) is 0 Å². The van der Waals surface area contributed by atoms with Crippen LogP contribution in [0, 0.1) is 0 Å². The molecule has 0 aromatic heterocycles. The summed E-state index contributed by atoms with van der Waals surface area (Å²) in [6.45, 7) is 0. The Kier molecular flexibility index (Phi) is 4.43. The number of amides is 1. The molecule has 0 aliphatic rings. The first-order valence-electron chi connectivity index (χ1n) is 5.68. The van der Waals surface area contributed by atoms with Crippen molar-refractivity contribution in [1.82, 2.24) is 0 Å². The predicted molar refractivity (Wildman–Crippen MR) is 85.1 cm³/mol. The topological polar surface area (TPSA) is 46.3 Å². The first kappa shape index (κ1) is 15.0. The van der Waals surface area contributed by atoms with Crippen LogP contribution in [0.1, 0.15) is 10.4 Å². The summed E-state index contributed by atoms with van der Waals surface area (Å²) in [5.74, 6) is -0.291. The third kappa shape index (κ3) is 3.01. The standard InChI is InChI=1S/C14H11Cl3N2O/c1-19(13-7-9(16)3-5-12(13)18)14(20)10-4-2-8(15)6-11(10)17/h2-7H,18H2,1H3. The van der Waals surface area contributed by atoms with Gasteiger partial charge in [-0.05, 0) is 36.4 Å². The molecule has 6 heteroatoms. The second-order valence-electron chi connectivity index (χ2n) is 4.19. The first-order chi connectivity index (χ1) is 9.40. The molecular formula is C14H11Cl3N2O. The molecule has 2 rings (SSSR count). The summed E-state index contributed by atoms with van der Waals surface area (Å²) in [6, 6.07) is 9.63. The lowest BCUT2D eigenvalue weighted by molar-refractivity contribution is 0.0993. The maximum Gasteiger partial charge on any atom is 0.259 e. The highest BCUT2D eigenvalue weighted by molar-refractivity contribution is 6.37. The van der Waals surface area contributed by atoms with Crippen molar-refractivity contribution >= 4 is 52.1 Å². The van der Waals surface area contributed by atoms with Gasteiger partial charge >= 0.3 is 0 Å². The summed E-state index contributed by atoms with van der Waals surface area (Å²) in [5, 5.41) is 1.25. The van der Waals surface area contributed by atoms with Crippen LogP contribution in [-0.2, 0) is 0 Å². The quantitative estimate of drug-likeness (QED) is 0.824. The van der Waals surface area contributed by atoms with Crippen molar-refractivity contribution in [1.29, 1.82) is 0 Å². The van der Waals surface area contributed by atoms with E-state index in [-0.39, 0.29) is 10.9 Å². The van der Waals surface area contributed by atoms with Gasteiger partial charge < -0.3 is 10.6 Å². The number of nitrogens with zero attached hydrogens (tertiary/aromatic N) is 1. The second kappa shape index (κ2) is 5.92. The summed E-state index contributed by atoms with van der Waals surface area (Å²) in [6.07, 6.45) is 0. The zero-order chi connectivity index (χ0) is 14.9. The molecule has 0 aliphatic heterocycles. The number of anilines is 2. The van der Waals surface area contributed by atoms with Gasteiger partial charge in [0.05, 0.1) is 22.0 Å². The van der Waals surface area contributed by atoms with Crippen LogP contribution >= 0.6 is 34.8 Å². The van der Waals surface area contributed by atoms with E-state index in [0.29, 0.717) is 27.0 Å². The average molecular weight is 330 g/mol. The van der Waals surface area contributed by atoms with Crippen molar-refractivity contribution < 1.29 is 4.79 Å². The number of carbonyl (C=O) groups is 1. The van der Waals surface area contributed by atoms with Crippen molar-refractivity contribution in [2.75, 3.05) is 17.7 Å². The molecule has 2 aromatic carbocycles. The summed E-state index contributed by atoms with van der Waals surface area (Å²) < 4.78 is 0. The SMILES string of the molecule is CN(C(=O)c1ccc(Cl)cc1Cl)c1cc(Cl)ccc1N. The Hall–Kier alpha value is -1.42. The van der Waals surface area contributed by atoms with Crippen LogP contribution in [-0.4, -0.2) is 13.0 Å². The maximum atomic E-state index is 12.4. The van der Waals surface area contributed by atoms with Crippen LogP contribution in [0.15, 0.2) is 36.4 Å². The summed E-state index contributed by atoms with van der Waals surface area (Å²) in [7, 11) is 1.61. The molecule has 0 fully saturated rings. The van der Waals surface area contributed by atoms with Crippen LogP contribution in [0.25, 0.3) is 0 Å². The molecule has 0 heterocycles. The lowest BCUT2D eigenvalue weighted by atomic mass is 10.1. The third-order valence-electron chi connectivity index (χ3n) is 2.82. The van der Waals surface area contributed by atoms with Gasteiger partial charge in [0, 0.05) is 17.1 Å². The molecule has 0 spiro atoms. The molecule has 104 valence electrons. The van der Waals surface area contributed by atoms with Gasteiger partial charge in [-0.3, -0.25) is 4.79 Å². The molecule has 0 unspecified atom stereocenters. The van der Waals surface area contributed by atoms with Crippen molar-refractivity contribution in [3.8, 4) is 0 Å². The molecule has 3 nitrogen and oxygen atoms in total. The molecule has 0 atom stereocenters. The minimum absolute atomic E-state index is 0.287. The highest BCUT2D eigenvalue weighted by Gasteiger charge is 2.18. The van der Waals surface area contributed by atoms with E-state index >= 15 is 0 Å². The van der Waals surface area contributed by atoms with Gasteiger partial charge in [-0.25, -0.2) is 0 Å². The largest absolute Gasteiger partial charge is 0.397 e. The second-order valence-corrected chi connectivity index (χ2v) is 5.47. The molecular weight excluding hydrogens is 319 g/mol. The van der Waals surface area contributed by atoms with E-state index < -0.39 is 0 Å². The van der Waals surface area contributed by atoms with Crippen LogP contribution < -0.4 is 10.6 Å². The number of benzene rings is 2. The fourth-order valence-corrected chi connectivity index (χ4v) is 2.42. The van der Waals surface area contributed by atoms with E-state index in [2.05, 4.69) is 0 Å². The van der Waals surface area contributed by atoms with Gasteiger partial charge in [-0.2, -0.15) is 0 Å². The minimum Gasteiger partial charge on any atom is -0.397 e. The van der Waals surface area contributed by atoms with E-state index in [1.165, 1.54) is 11.0 Å². The minimum atomic E-state index is -0.291. The van der Waals surface area contributed by atoms with E-state index in [4.69, 9.17) is 40.5 Å². The van der Waals surface area contributed by atoms with Crippen LogP contribution in [0.4, 0.5) is 11.4 Å². The van der Waals surface area contributed by atoms with Crippen molar-refractivity contribution in [3.63, 3.8) is 0 Å². The first-order valence-corrected chi connectivity index (χ1v) is 6.81. The van der Waals surface area contributed by atoms with Crippen LogP contribution in [0.2, 0.25) is 15.1 Å². The lowest BCUT2D eigenvalue weighted by Crippen LogP contribution is -2.27. The van der Waals surface area contributed by atoms with Crippen molar-refractivity contribution in [2.24, 2.45) is 0 Å². The molecule has 2 N–H and O–H groups in total. The van der Waals surface area contributed by atoms with Crippen LogP contribution in [0.3, 0.4) is 0 Å². The average Bonchev–Trinajstić information content (AvgIpc) is 2.40. The Balaban J connectivity index is 2.40. The Morgan fingerprint density at radius 2 is 1.65 bits per heavy atom. The van der Waals surface area contributed by atoms with Crippen molar-refractivity contribution in [2.45, 2.75) is 0 Å². The lowest BCUT2D eigenvalue weighted by Gasteiger charge is -2.20. The molecule has 20 heavy (non-hydrogen) atoms. The fourth-order valence-electron chi connectivity index (χ4n) is 1.76. The number of hydrogen-bond donors (Lipinski definition) is 1. The normalized spacial score (nSPS) is 10.4. The molecule has 2 aromatic rings. The molecule has 0 radical (unpaired) electrons. The summed E-state index contributed by atoms with van der Waals surface area (Å²) >= 11 is 17.8. The zero-order valence-electron chi connectivity index (χ0n) is 10.5. The number of nitrogens with two attached hydrogens (primary N) is 1. The maximum absolute atomic E-state index is 12.4. The summed E-state index contributed by atoms with van der Waals surface area (Å²) in [4.78, 5) is 13.8. The van der Waals surface area contributed by atoms with Gasteiger partial charge in [-0.1, -0.05) is 34.8 Å². The third-order valence-corrected chi connectivity index (χ3v) is 3.60. The number of rotatable bonds is 2. The van der Waals surface area contributed by atoms with Gasteiger partial charge in [0.25, 0.3) is 5.91 Å². The smallest absolute Gasteiger partial charge is 0.259 e.